The minimum absolute atomic E-state index is 1.01. The lowest BCUT2D eigenvalue weighted by Crippen LogP contribution is -2.31. The predicted molar refractivity (Wildman–Crippen MR) is 88.3 cm³/mol. The van der Waals surface area contributed by atoms with E-state index in [9.17, 15) is 0 Å². The molecule has 1 heteroatoms. The molecule has 0 saturated carbocycles. The fourth-order valence-corrected chi connectivity index (χ4v) is 3.19. The van der Waals surface area contributed by atoms with E-state index in [1.54, 1.807) is 0 Å². The van der Waals surface area contributed by atoms with Gasteiger partial charge in [0.25, 0.3) is 0 Å². The molecular formula is C19H21N. The Labute approximate surface area is 121 Å². The molecule has 0 aliphatic carbocycles. The van der Waals surface area contributed by atoms with E-state index in [2.05, 4.69) is 67.8 Å². The molecule has 2 aromatic carbocycles. The first-order valence-corrected chi connectivity index (χ1v) is 7.24. The van der Waals surface area contributed by atoms with Gasteiger partial charge >= 0.3 is 0 Å². The van der Waals surface area contributed by atoms with Crippen LogP contribution in [0.25, 0.3) is 10.8 Å². The zero-order valence-electron chi connectivity index (χ0n) is 12.3. The van der Waals surface area contributed by atoms with Crippen LogP contribution >= 0.6 is 0 Å². The number of anilines is 1. The summed E-state index contributed by atoms with van der Waals surface area (Å²) >= 11 is 0. The van der Waals surface area contributed by atoms with Crippen LogP contribution in [0.15, 0.2) is 65.8 Å². The van der Waals surface area contributed by atoms with Crippen LogP contribution in [-0.4, -0.2) is 13.1 Å². The van der Waals surface area contributed by atoms with Crippen LogP contribution in [-0.2, 0) is 0 Å². The third-order valence-corrected chi connectivity index (χ3v) is 4.20. The molecule has 0 N–H and O–H groups in total. The van der Waals surface area contributed by atoms with Crippen molar-refractivity contribution in [1.82, 2.24) is 0 Å². The van der Waals surface area contributed by atoms with E-state index >= 15 is 0 Å². The maximum absolute atomic E-state index is 4.10. The SMILES string of the molecule is C=C(C)C1=C(C)CN(c2cccc3ccccc23)CC1. The Bertz CT molecular complexity index is 688. The van der Waals surface area contributed by atoms with Crippen molar-refractivity contribution in [3.63, 3.8) is 0 Å². The first-order chi connectivity index (χ1) is 9.66. The smallest absolute Gasteiger partial charge is 0.0448 e. The van der Waals surface area contributed by atoms with Crippen molar-refractivity contribution in [1.29, 1.82) is 0 Å². The standard InChI is InChI=1S/C19H21N/c1-14(2)17-11-12-20(13-15(17)3)19-10-6-8-16-7-4-5-9-18(16)19/h4-10H,1,11-13H2,2-3H3. The Morgan fingerprint density at radius 2 is 1.85 bits per heavy atom. The van der Waals surface area contributed by atoms with E-state index < -0.39 is 0 Å². The fourth-order valence-electron chi connectivity index (χ4n) is 3.19. The van der Waals surface area contributed by atoms with Crippen molar-refractivity contribution in [2.45, 2.75) is 20.3 Å². The van der Waals surface area contributed by atoms with E-state index in [4.69, 9.17) is 0 Å². The van der Waals surface area contributed by atoms with Crippen LogP contribution in [0, 0.1) is 0 Å². The Kier molecular flexibility index (Phi) is 3.35. The van der Waals surface area contributed by atoms with Gasteiger partial charge in [0.2, 0.25) is 0 Å². The summed E-state index contributed by atoms with van der Waals surface area (Å²) in [6, 6.07) is 15.2. The summed E-state index contributed by atoms with van der Waals surface area (Å²) < 4.78 is 0. The molecule has 102 valence electrons. The quantitative estimate of drug-likeness (QED) is 0.741. The molecule has 1 aliphatic heterocycles. The van der Waals surface area contributed by atoms with Crippen molar-refractivity contribution in [2.24, 2.45) is 0 Å². The Morgan fingerprint density at radius 3 is 2.60 bits per heavy atom. The molecule has 0 saturated heterocycles. The molecule has 2 aromatic rings. The van der Waals surface area contributed by atoms with Gasteiger partial charge in [0.1, 0.15) is 0 Å². The first-order valence-electron chi connectivity index (χ1n) is 7.24. The van der Waals surface area contributed by atoms with Crippen molar-refractivity contribution in [3.8, 4) is 0 Å². The van der Waals surface area contributed by atoms with Crippen LogP contribution in [0.5, 0.6) is 0 Å². The van der Waals surface area contributed by atoms with Gasteiger partial charge in [-0.3, -0.25) is 0 Å². The molecule has 1 heterocycles. The van der Waals surface area contributed by atoms with Crippen LogP contribution < -0.4 is 4.90 Å². The number of rotatable bonds is 2. The summed E-state index contributed by atoms with van der Waals surface area (Å²) in [6.07, 6.45) is 1.10. The molecule has 0 unspecified atom stereocenters. The Hall–Kier alpha value is -2.02. The highest BCUT2D eigenvalue weighted by molar-refractivity contribution is 5.94. The molecule has 0 radical (unpaired) electrons. The average Bonchev–Trinajstić information content (AvgIpc) is 2.46. The first kappa shape index (κ1) is 13.0. The molecule has 0 fully saturated rings. The van der Waals surface area contributed by atoms with Gasteiger partial charge in [0.15, 0.2) is 0 Å². The molecule has 20 heavy (non-hydrogen) atoms. The van der Waals surface area contributed by atoms with Gasteiger partial charge < -0.3 is 4.90 Å². The van der Waals surface area contributed by atoms with Gasteiger partial charge in [-0.25, -0.2) is 0 Å². The maximum atomic E-state index is 4.10. The van der Waals surface area contributed by atoms with Gasteiger partial charge in [-0.15, -0.1) is 0 Å². The van der Waals surface area contributed by atoms with E-state index in [0.29, 0.717) is 0 Å². The Balaban J connectivity index is 2.00. The highest BCUT2D eigenvalue weighted by Gasteiger charge is 2.18. The molecule has 0 aromatic heterocycles. The third kappa shape index (κ3) is 2.24. The number of hydrogen-bond donors (Lipinski definition) is 0. The van der Waals surface area contributed by atoms with Crippen LogP contribution in [0.1, 0.15) is 20.3 Å². The predicted octanol–water partition coefficient (Wildman–Crippen LogP) is 4.94. The average molecular weight is 263 g/mol. The lowest BCUT2D eigenvalue weighted by atomic mass is 9.95. The van der Waals surface area contributed by atoms with Crippen molar-refractivity contribution < 1.29 is 0 Å². The number of hydrogen-bond acceptors (Lipinski definition) is 1. The van der Waals surface area contributed by atoms with Crippen molar-refractivity contribution in [2.75, 3.05) is 18.0 Å². The summed E-state index contributed by atoms with van der Waals surface area (Å²) in [5, 5.41) is 2.67. The number of allylic oxidation sites excluding steroid dienone is 1. The van der Waals surface area contributed by atoms with E-state index in [1.807, 2.05) is 0 Å². The molecule has 0 bridgehead atoms. The minimum atomic E-state index is 1.01. The number of nitrogens with zero attached hydrogens (tertiary/aromatic N) is 1. The molecular weight excluding hydrogens is 242 g/mol. The molecule has 1 aliphatic rings. The molecule has 0 spiro atoms. The number of fused-ring (bicyclic) bond motifs is 1. The summed E-state index contributed by atoms with van der Waals surface area (Å²) in [5.74, 6) is 0. The largest absolute Gasteiger partial charge is 0.367 e. The van der Waals surface area contributed by atoms with Crippen molar-refractivity contribution >= 4 is 16.5 Å². The van der Waals surface area contributed by atoms with E-state index in [-0.39, 0.29) is 0 Å². The summed E-state index contributed by atoms with van der Waals surface area (Å²) in [5.41, 5.74) is 5.49. The monoisotopic (exact) mass is 263 g/mol. The van der Waals surface area contributed by atoms with E-state index in [0.717, 1.165) is 19.5 Å². The van der Waals surface area contributed by atoms with E-state index in [1.165, 1.54) is 33.2 Å². The van der Waals surface area contributed by atoms with Crippen molar-refractivity contribution in [3.05, 3.63) is 65.8 Å². The lowest BCUT2D eigenvalue weighted by Gasteiger charge is -2.32. The highest BCUT2D eigenvalue weighted by Crippen LogP contribution is 2.31. The third-order valence-electron chi connectivity index (χ3n) is 4.20. The number of benzene rings is 2. The van der Waals surface area contributed by atoms with Gasteiger partial charge in [-0.05, 0) is 37.3 Å². The fraction of sp³-hybridized carbons (Fsp3) is 0.263. The van der Waals surface area contributed by atoms with Gasteiger partial charge in [-0.1, -0.05) is 54.1 Å². The topological polar surface area (TPSA) is 3.24 Å². The Morgan fingerprint density at radius 1 is 1.10 bits per heavy atom. The van der Waals surface area contributed by atoms with Gasteiger partial charge in [0, 0.05) is 24.2 Å². The summed E-state index contributed by atoms with van der Waals surface area (Å²) in [7, 11) is 0. The molecule has 0 amide bonds. The van der Waals surface area contributed by atoms with Gasteiger partial charge in [-0.2, -0.15) is 0 Å². The zero-order chi connectivity index (χ0) is 14.1. The summed E-state index contributed by atoms with van der Waals surface area (Å²) in [6.45, 7) is 10.5. The lowest BCUT2D eigenvalue weighted by molar-refractivity contribution is 0.765. The zero-order valence-corrected chi connectivity index (χ0v) is 12.3. The normalized spacial score (nSPS) is 15.8. The summed E-state index contributed by atoms with van der Waals surface area (Å²) in [4.78, 5) is 2.49. The molecule has 0 atom stereocenters. The molecule has 3 rings (SSSR count). The van der Waals surface area contributed by atoms with Crippen LogP contribution in [0.2, 0.25) is 0 Å². The molecule has 1 nitrogen and oxygen atoms in total. The maximum Gasteiger partial charge on any atom is 0.0448 e. The second kappa shape index (κ2) is 5.16. The second-order valence-electron chi connectivity index (χ2n) is 5.71. The second-order valence-corrected chi connectivity index (χ2v) is 5.71. The minimum Gasteiger partial charge on any atom is -0.367 e. The van der Waals surface area contributed by atoms with Crippen LogP contribution in [0.4, 0.5) is 5.69 Å². The van der Waals surface area contributed by atoms with Crippen LogP contribution in [0.3, 0.4) is 0 Å². The van der Waals surface area contributed by atoms with Gasteiger partial charge in [0.05, 0.1) is 0 Å². The highest BCUT2D eigenvalue weighted by atomic mass is 15.1.